The van der Waals surface area contributed by atoms with Crippen LogP contribution in [-0.2, 0) is 11.2 Å². The van der Waals surface area contributed by atoms with Gasteiger partial charge < -0.3 is 4.74 Å². The van der Waals surface area contributed by atoms with Crippen molar-refractivity contribution < 1.29 is 4.74 Å². The Morgan fingerprint density at radius 3 is 2.67 bits per heavy atom. The van der Waals surface area contributed by atoms with Crippen LogP contribution in [0, 0.1) is 6.92 Å². The van der Waals surface area contributed by atoms with Gasteiger partial charge in [-0.2, -0.15) is 0 Å². The van der Waals surface area contributed by atoms with Crippen LogP contribution in [0.25, 0.3) is 11.3 Å². The van der Waals surface area contributed by atoms with Crippen LogP contribution in [0.5, 0.6) is 0 Å². The molecule has 0 fully saturated rings. The van der Waals surface area contributed by atoms with Crippen molar-refractivity contribution in [2.75, 3.05) is 13.7 Å². The van der Waals surface area contributed by atoms with E-state index in [2.05, 4.69) is 47.1 Å². The summed E-state index contributed by atoms with van der Waals surface area (Å²) < 4.78 is 6.17. The van der Waals surface area contributed by atoms with Crippen molar-refractivity contribution in [2.24, 2.45) is 0 Å². The lowest BCUT2D eigenvalue weighted by molar-refractivity contribution is 0.195. The molecule has 0 N–H and O–H groups in total. The van der Waals surface area contributed by atoms with Crippen molar-refractivity contribution in [2.45, 2.75) is 19.8 Å². The molecule has 0 aliphatic heterocycles. The molecule has 0 radical (unpaired) electrons. The highest BCUT2D eigenvalue weighted by Gasteiger charge is 2.09. The molecule has 2 rings (SSSR count). The number of hydrogen-bond donors (Lipinski definition) is 0. The maximum Gasteiger partial charge on any atom is 0.0936 e. The number of aryl methyl sites for hydroxylation is 2. The van der Waals surface area contributed by atoms with Crippen LogP contribution in [0.2, 0.25) is 0 Å². The largest absolute Gasteiger partial charge is 0.385 e. The Morgan fingerprint density at radius 2 is 2.00 bits per heavy atom. The van der Waals surface area contributed by atoms with Gasteiger partial charge in [0.25, 0.3) is 0 Å². The third-order valence-corrected chi connectivity index (χ3v) is 4.26. The van der Waals surface area contributed by atoms with Crippen molar-refractivity contribution in [1.29, 1.82) is 0 Å². The van der Waals surface area contributed by atoms with Crippen molar-refractivity contribution >= 4 is 27.3 Å². The quantitative estimate of drug-likeness (QED) is 0.757. The van der Waals surface area contributed by atoms with Gasteiger partial charge in [-0.1, -0.05) is 28.1 Å². The standard InChI is InChI=1S/C14H16BrNOS/c1-10-14(11-5-7-12(15)8-6-11)16-13(18-10)4-3-9-17-2/h5-8H,3-4,9H2,1-2H3. The number of hydrogen-bond acceptors (Lipinski definition) is 3. The Balaban J connectivity index is 2.16. The molecule has 1 heterocycles. The molecule has 0 saturated heterocycles. The SMILES string of the molecule is COCCCc1nc(-c2ccc(Br)cc2)c(C)s1. The van der Waals surface area contributed by atoms with Crippen LogP contribution in [-0.4, -0.2) is 18.7 Å². The van der Waals surface area contributed by atoms with Crippen molar-refractivity contribution in [3.05, 3.63) is 38.6 Å². The molecular weight excluding hydrogens is 310 g/mol. The van der Waals surface area contributed by atoms with E-state index in [4.69, 9.17) is 9.72 Å². The van der Waals surface area contributed by atoms with Crippen LogP contribution in [0.3, 0.4) is 0 Å². The van der Waals surface area contributed by atoms with Gasteiger partial charge in [-0.15, -0.1) is 11.3 Å². The van der Waals surface area contributed by atoms with Crippen LogP contribution in [0.4, 0.5) is 0 Å². The van der Waals surface area contributed by atoms with Crippen molar-refractivity contribution in [1.82, 2.24) is 4.98 Å². The molecule has 0 aliphatic rings. The fraction of sp³-hybridized carbons (Fsp3) is 0.357. The fourth-order valence-electron chi connectivity index (χ4n) is 1.80. The lowest BCUT2D eigenvalue weighted by Gasteiger charge is -1.98. The second-order valence-corrected chi connectivity index (χ2v) is 6.32. The van der Waals surface area contributed by atoms with E-state index in [1.807, 2.05) is 0 Å². The third-order valence-electron chi connectivity index (χ3n) is 2.70. The summed E-state index contributed by atoms with van der Waals surface area (Å²) in [6.45, 7) is 2.93. The zero-order valence-electron chi connectivity index (χ0n) is 10.6. The lowest BCUT2D eigenvalue weighted by Crippen LogP contribution is -1.92. The Labute approximate surface area is 120 Å². The number of rotatable bonds is 5. The third kappa shape index (κ3) is 3.40. The smallest absolute Gasteiger partial charge is 0.0936 e. The molecule has 1 aromatic heterocycles. The second kappa shape index (κ2) is 6.45. The first kappa shape index (κ1) is 13.7. The predicted molar refractivity (Wildman–Crippen MR) is 80.2 cm³/mol. The molecule has 96 valence electrons. The number of ether oxygens (including phenoxy) is 1. The summed E-state index contributed by atoms with van der Waals surface area (Å²) in [7, 11) is 1.74. The first-order chi connectivity index (χ1) is 8.70. The topological polar surface area (TPSA) is 22.1 Å². The van der Waals surface area contributed by atoms with Crippen molar-refractivity contribution in [3.63, 3.8) is 0 Å². The minimum atomic E-state index is 0.798. The molecule has 2 aromatic rings. The van der Waals surface area contributed by atoms with Gasteiger partial charge >= 0.3 is 0 Å². The fourth-order valence-corrected chi connectivity index (χ4v) is 3.06. The Kier molecular flexibility index (Phi) is 4.92. The summed E-state index contributed by atoms with van der Waals surface area (Å²) in [5.41, 5.74) is 2.30. The summed E-state index contributed by atoms with van der Waals surface area (Å²) in [5, 5.41) is 1.20. The molecule has 0 amide bonds. The number of halogens is 1. The molecule has 4 heteroatoms. The van der Waals surface area contributed by atoms with Gasteiger partial charge in [0.15, 0.2) is 0 Å². The van der Waals surface area contributed by atoms with Gasteiger partial charge in [0, 0.05) is 35.1 Å². The van der Waals surface area contributed by atoms with E-state index in [1.165, 1.54) is 15.4 Å². The van der Waals surface area contributed by atoms with Crippen LogP contribution < -0.4 is 0 Å². The van der Waals surface area contributed by atoms with Crippen LogP contribution >= 0.6 is 27.3 Å². The molecule has 0 bridgehead atoms. The summed E-state index contributed by atoms with van der Waals surface area (Å²) in [4.78, 5) is 6.01. The van der Waals surface area contributed by atoms with E-state index in [0.717, 1.165) is 29.6 Å². The van der Waals surface area contributed by atoms with Gasteiger partial charge in [-0.05, 0) is 25.5 Å². The molecule has 0 unspecified atom stereocenters. The maximum absolute atomic E-state index is 5.07. The van der Waals surface area contributed by atoms with E-state index in [1.54, 1.807) is 18.4 Å². The average molecular weight is 326 g/mol. The number of methoxy groups -OCH3 is 1. The molecule has 0 atom stereocenters. The zero-order chi connectivity index (χ0) is 13.0. The van der Waals surface area contributed by atoms with Gasteiger partial charge in [0.2, 0.25) is 0 Å². The number of nitrogens with zero attached hydrogens (tertiary/aromatic N) is 1. The molecule has 1 aromatic carbocycles. The lowest BCUT2D eigenvalue weighted by atomic mass is 10.1. The average Bonchev–Trinajstić information content (AvgIpc) is 2.72. The highest BCUT2D eigenvalue weighted by Crippen LogP contribution is 2.28. The van der Waals surface area contributed by atoms with Crippen LogP contribution in [0.15, 0.2) is 28.7 Å². The number of aromatic nitrogens is 1. The minimum Gasteiger partial charge on any atom is -0.385 e. The highest BCUT2D eigenvalue weighted by atomic mass is 79.9. The first-order valence-corrected chi connectivity index (χ1v) is 7.53. The van der Waals surface area contributed by atoms with E-state index in [9.17, 15) is 0 Å². The van der Waals surface area contributed by atoms with E-state index in [-0.39, 0.29) is 0 Å². The number of thiazole rings is 1. The predicted octanol–water partition coefficient (Wildman–Crippen LogP) is 4.46. The van der Waals surface area contributed by atoms with E-state index < -0.39 is 0 Å². The monoisotopic (exact) mass is 325 g/mol. The Hall–Kier alpha value is -0.710. The molecule has 18 heavy (non-hydrogen) atoms. The second-order valence-electron chi connectivity index (χ2n) is 4.12. The van der Waals surface area contributed by atoms with Gasteiger partial charge in [-0.25, -0.2) is 4.98 Å². The highest BCUT2D eigenvalue weighted by molar-refractivity contribution is 9.10. The van der Waals surface area contributed by atoms with Gasteiger partial charge in [-0.3, -0.25) is 0 Å². The molecule has 0 spiro atoms. The molecule has 0 saturated carbocycles. The summed E-state index contributed by atoms with van der Waals surface area (Å²) in [6, 6.07) is 8.31. The number of benzene rings is 1. The summed E-state index contributed by atoms with van der Waals surface area (Å²) in [6.07, 6.45) is 2.03. The normalized spacial score (nSPS) is 10.8. The van der Waals surface area contributed by atoms with E-state index in [0.29, 0.717) is 0 Å². The maximum atomic E-state index is 5.07. The molecule has 0 aliphatic carbocycles. The Morgan fingerprint density at radius 1 is 1.28 bits per heavy atom. The first-order valence-electron chi connectivity index (χ1n) is 5.92. The van der Waals surface area contributed by atoms with Crippen LogP contribution in [0.1, 0.15) is 16.3 Å². The summed E-state index contributed by atoms with van der Waals surface area (Å²) in [5.74, 6) is 0. The zero-order valence-corrected chi connectivity index (χ0v) is 13.0. The van der Waals surface area contributed by atoms with Gasteiger partial charge in [0.1, 0.15) is 0 Å². The van der Waals surface area contributed by atoms with E-state index >= 15 is 0 Å². The molecular formula is C14H16BrNOS. The van der Waals surface area contributed by atoms with Crippen molar-refractivity contribution in [3.8, 4) is 11.3 Å². The molecule has 2 nitrogen and oxygen atoms in total. The minimum absolute atomic E-state index is 0.798. The van der Waals surface area contributed by atoms with Gasteiger partial charge in [0.05, 0.1) is 10.7 Å². The summed E-state index contributed by atoms with van der Waals surface area (Å²) >= 11 is 5.24. The Bertz CT molecular complexity index is 507.